The van der Waals surface area contributed by atoms with Crippen molar-refractivity contribution < 1.29 is 13.9 Å². The molecule has 0 bridgehead atoms. The minimum atomic E-state index is -0.205. The molecular formula is C18H16N2O3. The van der Waals surface area contributed by atoms with Gasteiger partial charge in [-0.25, -0.2) is 0 Å². The lowest BCUT2D eigenvalue weighted by atomic mass is 10.2. The molecule has 2 heterocycles. The van der Waals surface area contributed by atoms with Crippen molar-refractivity contribution >= 4 is 11.6 Å². The van der Waals surface area contributed by atoms with E-state index in [2.05, 4.69) is 4.98 Å². The Morgan fingerprint density at radius 3 is 2.61 bits per heavy atom. The number of aromatic nitrogens is 1. The lowest BCUT2D eigenvalue weighted by Gasteiger charge is -2.22. The van der Waals surface area contributed by atoms with E-state index in [4.69, 9.17) is 9.15 Å². The lowest BCUT2D eigenvalue weighted by molar-refractivity contribution is 0.0958. The molecule has 5 nitrogen and oxygen atoms in total. The van der Waals surface area contributed by atoms with Crippen molar-refractivity contribution in [1.29, 1.82) is 0 Å². The Balaban J connectivity index is 1.93. The minimum Gasteiger partial charge on any atom is -0.497 e. The first kappa shape index (κ1) is 14.8. The first-order valence-electron chi connectivity index (χ1n) is 7.16. The highest BCUT2D eigenvalue weighted by atomic mass is 16.5. The van der Waals surface area contributed by atoms with Gasteiger partial charge in [0.1, 0.15) is 5.75 Å². The number of ether oxygens (including phenoxy) is 1. The average molecular weight is 308 g/mol. The highest BCUT2D eigenvalue weighted by molar-refractivity contribution is 6.04. The highest BCUT2D eigenvalue weighted by Crippen LogP contribution is 2.23. The zero-order valence-corrected chi connectivity index (χ0v) is 12.7. The summed E-state index contributed by atoms with van der Waals surface area (Å²) in [5.74, 6) is 0.828. The lowest BCUT2D eigenvalue weighted by Crippen LogP contribution is -2.30. The number of benzene rings is 1. The van der Waals surface area contributed by atoms with Gasteiger partial charge in [0.05, 0.1) is 19.9 Å². The Hall–Kier alpha value is -3.08. The fourth-order valence-electron chi connectivity index (χ4n) is 2.25. The topological polar surface area (TPSA) is 55.6 Å². The van der Waals surface area contributed by atoms with Crippen LogP contribution in [0.15, 0.2) is 71.6 Å². The Morgan fingerprint density at radius 2 is 2.00 bits per heavy atom. The molecule has 0 fully saturated rings. The van der Waals surface area contributed by atoms with Crippen LogP contribution in [0.3, 0.4) is 0 Å². The SMILES string of the molecule is COc1ccc(N(Cc2cccnc2)C(=O)c2ccco2)cc1. The maximum absolute atomic E-state index is 12.7. The number of pyridine rings is 1. The van der Waals surface area contributed by atoms with Gasteiger partial charge >= 0.3 is 0 Å². The summed E-state index contributed by atoms with van der Waals surface area (Å²) in [6.45, 7) is 0.402. The van der Waals surface area contributed by atoms with Crippen LogP contribution in [0.25, 0.3) is 0 Å². The van der Waals surface area contributed by atoms with Crippen LogP contribution in [0.5, 0.6) is 5.75 Å². The van der Waals surface area contributed by atoms with E-state index in [1.165, 1.54) is 6.26 Å². The molecule has 0 aliphatic heterocycles. The fraction of sp³-hybridized carbons (Fsp3) is 0.111. The molecule has 3 rings (SSSR count). The van der Waals surface area contributed by atoms with E-state index in [-0.39, 0.29) is 5.91 Å². The van der Waals surface area contributed by atoms with E-state index in [1.807, 2.05) is 36.4 Å². The van der Waals surface area contributed by atoms with E-state index < -0.39 is 0 Å². The van der Waals surface area contributed by atoms with E-state index in [0.29, 0.717) is 12.3 Å². The van der Waals surface area contributed by atoms with Gasteiger partial charge in [0.25, 0.3) is 5.91 Å². The molecule has 3 aromatic rings. The second-order valence-electron chi connectivity index (χ2n) is 4.93. The minimum absolute atomic E-state index is 0.205. The van der Waals surface area contributed by atoms with Crippen LogP contribution in [0.2, 0.25) is 0 Å². The third-order valence-electron chi connectivity index (χ3n) is 3.42. The van der Waals surface area contributed by atoms with Gasteiger partial charge in [-0.1, -0.05) is 6.07 Å². The van der Waals surface area contributed by atoms with Gasteiger partial charge in [0.2, 0.25) is 0 Å². The molecule has 0 saturated carbocycles. The van der Waals surface area contributed by atoms with Crippen molar-refractivity contribution in [3.8, 4) is 5.75 Å². The molecule has 116 valence electrons. The number of nitrogens with zero attached hydrogens (tertiary/aromatic N) is 2. The Bertz CT molecular complexity index is 753. The first-order valence-corrected chi connectivity index (χ1v) is 7.16. The van der Waals surface area contributed by atoms with Crippen LogP contribution in [0.4, 0.5) is 5.69 Å². The molecule has 2 aromatic heterocycles. The maximum Gasteiger partial charge on any atom is 0.294 e. The largest absolute Gasteiger partial charge is 0.497 e. The zero-order valence-electron chi connectivity index (χ0n) is 12.7. The third kappa shape index (κ3) is 3.40. The van der Waals surface area contributed by atoms with Crippen LogP contribution < -0.4 is 9.64 Å². The number of carbonyl (C=O) groups excluding carboxylic acids is 1. The number of hydrogen-bond acceptors (Lipinski definition) is 4. The Kier molecular flexibility index (Phi) is 4.38. The predicted molar refractivity (Wildman–Crippen MR) is 86.5 cm³/mol. The van der Waals surface area contributed by atoms with Gasteiger partial charge in [0.15, 0.2) is 5.76 Å². The molecular weight excluding hydrogens is 292 g/mol. The summed E-state index contributed by atoms with van der Waals surface area (Å²) in [6, 6.07) is 14.5. The maximum atomic E-state index is 12.7. The van der Waals surface area contributed by atoms with Crippen molar-refractivity contribution in [1.82, 2.24) is 4.98 Å². The molecule has 0 saturated heterocycles. The van der Waals surface area contributed by atoms with Crippen molar-refractivity contribution in [2.45, 2.75) is 6.54 Å². The van der Waals surface area contributed by atoms with Crippen LogP contribution in [0.1, 0.15) is 16.1 Å². The summed E-state index contributed by atoms with van der Waals surface area (Å²) in [4.78, 5) is 18.5. The van der Waals surface area contributed by atoms with Crippen molar-refractivity contribution in [2.75, 3.05) is 12.0 Å². The van der Waals surface area contributed by atoms with Crippen LogP contribution in [-0.4, -0.2) is 18.0 Å². The smallest absolute Gasteiger partial charge is 0.294 e. The number of amides is 1. The van der Waals surface area contributed by atoms with E-state index in [9.17, 15) is 4.79 Å². The summed E-state index contributed by atoms with van der Waals surface area (Å²) >= 11 is 0. The second kappa shape index (κ2) is 6.79. The fourth-order valence-corrected chi connectivity index (χ4v) is 2.25. The standard InChI is InChI=1S/C18H16N2O3/c1-22-16-8-6-15(7-9-16)20(13-14-4-2-10-19-12-14)18(21)17-5-3-11-23-17/h2-12H,13H2,1H3. The summed E-state index contributed by atoms with van der Waals surface area (Å²) in [6.07, 6.45) is 4.94. The van der Waals surface area contributed by atoms with Gasteiger partial charge in [-0.2, -0.15) is 0 Å². The van der Waals surface area contributed by atoms with Gasteiger partial charge in [0, 0.05) is 18.1 Å². The quantitative estimate of drug-likeness (QED) is 0.723. The number of anilines is 1. The highest BCUT2D eigenvalue weighted by Gasteiger charge is 2.20. The Morgan fingerprint density at radius 1 is 1.17 bits per heavy atom. The first-order chi connectivity index (χ1) is 11.3. The van der Waals surface area contributed by atoms with Gasteiger partial charge in [-0.15, -0.1) is 0 Å². The number of methoxy groups -OCH3 is 1. The monoisotopic (exact) mass is 308 g/mol. The Labute approximate surface area is 134 Å². The van der Waals surface area contributed by atoms with Gasteiger partial charge in [-0.05, 0) is 48.0 Å². The third-order valence-corrected chi connectivity index (χ3v) is 3.42. The number of carbonyl (C=O) groups is 1. The van der Waals surface area contributed by atoms with E-state index >= 15 is 0 Å². The number of rotatable bonds is 5. The van der Waals surface area contributed by atoms with E-state index in [1.54, 1.807) is 36.5 Å². The molecule has 0 aliphatic rings. The van der Waals surface area contributed by atoms with E-state index in [0.717, 1.165) is 17.0 Å². The van der Waals surface area contributed by atoms with Crippen LogP contribution >= 0.6 is 0 Å². The molecule has 0 unspecified atom stereocenters. The molecule has 23 heavy (non-hydrogen) atoms. The van der Waals surface area contributed by atoms with Crippen LogP contribution in [-0.2, 0) is 6.54 Å². The van der Waals surface area contributed by atoms with Crippen molar-refractivity contribution in [2.24, 2.45) is 0 Å². The van der Waals surface area contributed by atoms with Crippen LogP contribution in [0, 0.1) is 0 Å². The summed E-state index contributed by atoms with van der Waals surface area (Å²) in [7, 11) is 1.61. The molecule has 0 atom stereocenters. The molecule has 0 N–H and O–H groups in total. The predicted octanol–water partition coefficient (Wildman–Crippen LogP) is 3.53. The average Bonchev–Trinajstić information content (AvgIpc) is 3.15. The molecule has 5 heteroatoms. The summed E-state index contributed by atoms with van der Waals surface area (Å²) in [5.41, 5.74) is 1.69. The number of furan rings is 1. The molecule has 0 aliphatic carbocycles. The van der Waals surface area contributed by atoms with Crippen molar-refractivity contribution in [3.63, 3.8) is 0 Å². The summed E-state index contributed by atoms with van der Waals surface area (Å²) in [5, 5.41) is 0. The number of hydrogen-bond donors (Lipinski definition) is 0. The van der Waals surface area contributed by atoms with Crippen molar-refractivity contribution in [3.05, 3.63) is 78.5 Å². The molecule has 0 radical (unpaired) electrons. The molecule has 1 amide bonds. The molecule has 0 spiro atoms. The van der Waals surface area contributed by atoms with Gasteiger partial charge < -0.3 is 14.1 Å². The van der Waals surface area contributed by atoms with Gasteiger partial charge in [-0.3, -0.25) is 9.78 Å². The summed E-state index contributed by atoms with van der Waals surface area (Å²) < 4.78 is 10.4. The molecule has 1 aromatic carbocycles. The second-order valence-corrected chi connectivity index (χ2v) is 4.93. The normalized spacial score (nSPS) is 10.3. The zero-order chi connectivity index (χ0) is 16.1.